The molecular weight excluding hydrogens is 1520 g/mol. The second-order valence-corrected chi connectivity index (χ2v) is 35.5. The van der Waals surface area contributed by atoms with Crippen molar-refractivity contribution in [1.29, 1.82) is 0 Å². The molecule has 0 radical (unpaired) electrons. The standard InChI is InChI=1S/C102H194N4O15/c1-7-13-19-25-31-37-43-49-55-65-87-116-95(107)73-81-104(82-74-96(108)117-88-66-56-50-44-38-32-26-20-14-8-2)79-63-61-71-93(102(114)115)103-101(113)94(106(85-77-99(111)120-91-69-59-53-47-41-35-29-23-17-11-5)86-78-100(112)121-92-70-60-54-48-42-36-30-24-18-12-6)72-62-64-80-105(83-75-97(109)118-89-67-57-51-45-39-33-27-21-15-9-3)84-76-98(110)119-90-68-58-52-46-40-34-28-22-16-10-4/h93-94H,7-92H2,1-6H3,(H,103,113)(H,114,115). The van der Waals surface area contributed by atoms with Gasteiger partial charge in [0.2, 0.25) is 5.91 Å². The highest BCUT2D eigenvalue weighted by molar-refractivity contribution is 5.87. The number of unbranched alkanes of at least 4 members (excludes halogenated alkanes) is 56. The molecule has 1 amide bonds. The zero-order valence-electron chi connectivity index (χ0n) is 80.0. The van der Waals surface area contributed by atoms with Crippen LogP contribution >= 0.6 is 0 Å². The van der Waals surface area contributed by atoms with E-state index in [9.17, 15) is 38.7 Å². The van der Waals surface area contributed by atoms with E-state index in [2.05, 4.69) is 56.7 Å². The van der Waals surface area contributed by atoms with Crippen LogP contribution in [0.5, 0.6) is 0 Å². The van der Waals surface area contributed by atoms with Gasteiger partial charge in [0, 0.05) is 39.3 Å². The van der Waals surface area contributed by atoms with E-state index >= 15 is 4.79 Å². The summed E-state index contributed by atoms with van der Waals surface area (Å²) >= 11 is 0. The smallest absolute Gasteiger partial charge is 0.326 e. The number of carbonyl (C=O) groups is 8. The Kier molecular flexibility index (Phi) is 89.9. The molecule has 0 bridgehead atoms. The van der Waals surface area contributed by atoms with Gasteiger partial charge in [-0.05, 0) is 83.7 Å². The first-order chi connectivity index (χ1) is 59.2. The Morgan fingerprint density at radius 2 is 0.405 bits per heavy atom. The highest BCUT2D eigenvalue weighted by Crippen LogP contribution is 2.21. The van der Waals surface area contributed by atoms with Crippen molar-refractivity contribution in [2.45, 2.75) is 516 Å². The van der Waals surface area contributed by atoms with Crippen molar-refractivity contribution in [3.8, 4) is 0 Å². The fraction of sp³-hybridized carbons (Fsp3) is 0.922. The number of esters is 6. The highest BCUT2D eigenvalue weighted by Gasteiger charge is 2.31. The Morgan fingerprint density at radius 1 is 0.223 bits per heavy atom. The fourth-order valence-electron chi connectivity index (χ4n) is 16.0. The Labute approximate surface area is 743 Å². The van der Waals surface area contributed by atoms with E-state index in [1.54, 1.807) is 0 Å². The molecule has 0 fully saturated rings. The van der Waals surface area contributed by atoms with Gasteiger partial charge >= 0.3 is 41.8 Å². The molecule has 0 rings (SSSR count). The molecule has 121 heavy (non-hydrogen) atoms. The molecule has 2 atom stereocenters. The second-order valence-electron chi connectivity index (χ2n) is 35.5. The molecule has 0 saturated carbocycles. The molecule has 2 unspecified atom stereocenters. The molecule has 0 saturated heterocycles. The summed E-state index contributed by atoms with van der Waals surface area (Å²) in [6, 6.07) is -2.25. The molecule has 0 aromatic rings. The quantitative estimate of drug-likeness (QED) is 0.0327. The topological polar surface area (TPSA) is 234 Å². The molecule has 0 aromatic carbocycles. The third-order valence-corrected chi connectivity index (χ3v) is 24.1. The molecule has 0 aromatic heterocycles. The maximum absolute atomic E-state index is 15.2. The number of ether oxygens (including phenoxy) is 6. The summed E-state index contributed by atoms with van der Waals surface area (Å²) in [6.45, 7) is 18.0. The molecule has 19 heteroatoms. The highest BCUT2D eigenvalue weighted by atomic mass is 16.6. The van der Waals surface area contributed by atoms with E-state index < -0.39 is 35.9 Å². The van der Waals surface area contributed by atoms with Gasteiger partial charge in [0.05, 0.1) is 84.2 Å². The maximum atomic E-state index is 15.2. The number of hydrogen-bond acceptors (Lipinski definition) is 17. The van der Waals surface area contributed by atoms with Crippen LogP contribution in [-0.2, 0) is 66.8 Å². The first kappa shape index (κ1) is 117. The van der Waals surface area contributed by atoms with Crippen LogP contribution < -0.4 is 5.32 Å². The van der Waals surface area contributed by atoms with Crippen LogP contribution in [0.3, 0.4) is 0 Å². The minimum absolute atomic E-state index is 0.0550. The Bertz CT molecular complexity index is 2210. The van der Waals surface area contributed by atoms with Crippen LogP contribution in [0.25, 0.3) is 0 Å². The van der Waals surface area contributed by atoms with Gasteiger partial charge in [0.15, 0.2) is 0 Å². The molecule has 0 aliphatic carbocycles. The predicted molar refractivity (Wildman–Crippen MR) is 500 cm³/mol. The van der Waals surface area contributed by atoms with Gasteiger partial charge in [-0.25, -0.2) is 4.79 Å². The first-order valence-electron chi connectivity index (χ1n) is 51.9. The number of hydrogen-bond donors (Lipinski definition) is 2. The van der Waals surface area contributed by atoms with Crippen LogP contribution in [0.4, 0.5) is 0 Å². The fourth-order valence-corrected chi connectivity index (χ4v) is 16.0. The van der Waals surface area contributed by atoms with Crippen LogP contribution in [0, 0.1) is 0 Å². The average Bonchev–Trinajstić information content (AvgIpc) is 0.861. The molecule has 0 aliphatic rings. The molecule has 2 N–H and O–H groups in total. The van der Waals surface area contributed by atoms with E-state index in [4.69, 9.17) is 28.4 Å². The third-order valence-electron chi connectivity index (χ3n) is 24.1. The van der Waals surface area contributed by atoms with Crippen molar-refractivity contribution in [3.05, 3.63) is 0 Å². The Hall–Kier alpha value is -4.36. The predicted octanol–water partition coefficient (Wildman–Crippen LogP) is 26.3. The Balaban J connectivity index is 6.90. The number of nitrogens with one attached hydrogen (secondary N) is 1. The minimum Gasteiger partial charge on any atom is -0.480 e. The van der Waals surface area contributed by atoms with Crippen molar-refractivity contribution in [3.63, 3.8) is 0 Å². The minimum atomic E-state index is -1.28. The summed E-state index contributed by atoms with van der Waals surface area (Å²) < 4.78 is 34.6. The van der Waals surface area contributed by atoms with Crippen LogP contribution in [0.15, 0.2) is 0 Å². The number of aliphatic carboxylic acids is 1. The normalized spacial score (nSPS) is 12.0. The van der Waals surface area contributed by atoms with E-state index in [0.717, 1.165) is 128 Å². The van der Waals surface area contributed by atoms with E-state index in [-0.39, 0.29) is 102 Å². The zero-order valence-corrected chi connectivity index (χ0v) is 80.0. The van der Waals surface area contributed by atoms with Crippen molar-refractivity contribution in [2.75, 3.05) is 92.0 Å². The largest absolute Gasteiger partial charge is 0.480 e. The summed E-state index contributed by atoms with van der Waals surface area (Å²) in [7, 11) is 0. The summed E-state index contributed by atoms with van der Waals surface area (Å²) in [4.78, 5) is 115. The number of carboxylic acids is 1. The average molecular weight is 1720 g/mol. The van der Waals surface area contributed by atoms with Crippen molar-refractivity contribution < 1.29 is 71.9 Å². The SMILES string of the molecule is CCCCCCCCCCCCOC(=O)CCN(CCCCC(NC(=O)C(CCCCN(CCC(=O)OCCCCCCCCCCCC)CCC(=O)OCCCCCCCCCCCC)N(CCC(=O)OCCCCCCCCCCCC)CCC(=O)OCCCCCCCCCCCC)C(=O)O)CCC(=O)OCCCCCCCCCCCC. The number of nitrogens with zero attached hydrogens (tertiary/aromatic N) is 3. The molecule has 19 nitrogen and oxygen atoms in total. The lowest BCUT2D eigenvalue weighted by Gasteiger charge is -2.32. The number of carboxylic acid groups (broad SMARTS) is 1. The Morgan fingerprint density at radius 3 is 0.603 bits per heavy atom. The molecule has 712 valence electrons. The van der Waals surface area contributed by atoms with Gasteiger partial charge in [0.1, 0.15) is 6.04 Å². The number of rotatable bonds is 98. The van der Waals surface area contributed by atoms with Gasteiger partial charge in [-0.15, -0.1) is 0 Å². The van der Waals surface area contributed by atoms with Crippen molar-refractivity contribution in [2.24, 2.45) is 0 Å². The summed E-state index contributed by atoms with van der Waals surface area (Å²) in [6.07, 6.45) is 72.8. The lowest BCUT2D eigenvalue weighted by Crippen LogP contribution is -2.52. The van der Waals surface area contributed by atoms with Crippen molar-refractivity contribution >= 4 is 47.7 Å². The third kappa shape index (κ3) is 83.6. The maximum Gasteiger partial charge on any atom is 0.326 e. The molecule has 0 spiro atoms. The van der Waals surface area contributed by atoms with Gasteiger partial charge in [-0.2, -0.15) is 0 Å². The lowest BCUT2D eigenvalue weighted by atomic mass is 10.0. The summed E-state index contributed by atoms with van der Waals surface area (Å²) in [5.41, 5.74) is 0. The van der Waals surface area contributed by atoms with Crippen LogP contribution in [0.1, 0.15) is 504 Å². The van der Waals surface area contributed by atoms with Crippen molar-refractivity contribution in [1.82, 2.24) is 20.0 Å². The van der Waals surface area contributed by atoms with Gasteiger partial charge < -0.3 is 48.6 Å². The van der Waals surface area contributed by atoms with E-state index in [1.165, 1.54) is 257 Å². The van der Waals surface area contributed by atoms with E-state index in [0.29, 0.717) is 91.4 Å². The summed E-state index contributed by atoms with van der Waals surface area (Å²) in [5, 5.41) is 13.9. The second kappa shape index (κ2) is 93.3. The molecule has 0 heterocycles. The number of amides is 1. The summed E-state index contributed by atoms with van der Waals surface area (Å²) in [5.74, 6) is -3.72. The number of carbonyl (C=O) groups excluding carboxylic acids is 7. The van der Waals surface area contributed by atoms with E-state index in [1.807, 2.05) is 4.90 Å². The molecular formula is C102H194N4O15. The zero-order chi connectivity index (χ0) is 88.3. The van der Waals surface area contributed by atoms with Gasteiger partial charge in [-0.3, -0.25) is 38.5 Å². The van der Waals surface area contributed by atoms with Crippen LogP contribution in [-0.4, -0.2) is 172 Å². The van der Waals surface area contributed by atoms with Gasteiger partial charge in [0.25, 0.3) is 0 Å². The van der Waals surface area contributed by atoms with Gasteiger partial charge in [-0.1, -0.05) is 395 Å². The molecule has 0 aliphatic heterocycles. The first-order valence-corrected chi connectivity index (χ1v) is 51.9. The lowest BCUT2D eigenvalue weighted by molar-refractivity contribution is -0.147. The monoisotopic (exact) mass is 1720 g/mol. The van der Waals surface area contributed by atoms with Crippen LogP contribution in [0.2, 0.25) is 0 Å².